The fourth-order valence-corrected chi connectivity index (χ4v) is 0. The van der Waals surface area contributed by atoms with E-state index in [0.29, 0.717) is 0 Å². The molecule has 0 saturated carbocycles. The van der Waals surface area contributed by atoms with Gasteiger partial charge in [0, 0.05) is 0 Å². The van der Waals surface area contributed by atoms with Crippen LogP contribution in [-0.2, 0) is 32.7 Å². The van der Waals surface area contributed by atoms with E-state index < -0.39 is 0 Å². The monoisotopic (exact) mass is 88.0 g/mol. The van der Waals surface area contributed by atoms with Gasteiger partial charge in [0.05, 0.1) is 0 Å². The summed E-state index contributed by atoms with van der Waals surface area (Å²) in [6.45, 7) is 0. The van der Waals surface area contributed by atoms with Crippen molar-refractivity contribution in [1.82, 2.24) is 0 Å². The summed E-state index contributed by atoms with van der Waals surface area (Å²) in [5.41, 5.74) is 0. The van der Waals surface area contributed by atoms with Crippen molar-refractivity contribution in [2.24, 2.45) is 0 Å². The van der Waals surface area contributed by atoms with Crippen LogP contribution in [-0.4, -0.2) is 0 Å². The predicted octanol–water partition coefficient (Wildman–Crippen LogP) is -3.12. The van der Waals surface area contributed by atoms with Gasteiger partial charge in [-0.3, -0.25) is 0 Å². The molecule has 0 aromatic heterocycles. The second-order valence-electron chi connectivity index (χ2n) is 0. The molecule has 0 rings (SSSR count). The van der Waals surface area contributed by atoms with Crippen molar-refractivity contribution in [3.05, 3.63) is 0 Å². The molecular formula is HLiO2Ti. The molecule has 0 saturated heterocycles. The Bertz CT molecular complexity index is 9.61. The molecule has 0 unspecified atom stereocenters. The summed E-state index contributed by atoms with van der Waals surface area (Å²) in [5, 5.41) is 0. The van der Waals surface area contributed by atoms with Gasteiger partial charge in [-0.25, -0.2) is 0 Å². The van der Waals surface area contributed by atoms with Gasteiger partial charge < -0.3 is 12.4 Å². The number of rotatable bonds is 0. The van der Waals surface area contributed by atoms with Gasteiger partial charge in [0.1, 0.15) is 0 Å². The minimum atomic E-state index is 0. The first-order valence-corrected chi connectivity index (χ1v) is 0. The topological polar surface area (TPSA) is 57.0 Å². The van der Waals surface area contributed by atoms with Crippen LogP contribution in [0.1, 0.15) is 1.43 Å². The molecule has 4 heavy (non-hydrogen) atoms. The minimum absolute atomic E-state index is 0. The Kier molecular flexibility index (Phi) is 450. The zero-order valence-electron chi connectivity index (χ0n) is 3.32. The van der Waals surface area contributed by atoms with E-state index in [2.05, 4.69) is 0 Å². The Labute approximate surface area is 53.1 Å². The summed E-state index contributed by atoms with van der Waals surface area (Å²) < 4.78 is 0. The van der Waals surface area contributed by atoms with Gasteiger partial charge in [0.2, 0.25) is 0 Å². The van der Waals surface area contributed by atoms with Gasteiger partial charge in [-0.2, -0.15) is 0 Å². The standard InChI is InChI=1S/Li.2O.Ti.H/q+1;2*-2;+4;-1. The van der Waals surface area contributed by atoms with Gasteiger partial charge >= 0.3 is 40.6 Å². The first kappa shape index (κ1) is 61.8. The molecule has 18 valence electrons. The second kappa shape index (κ2) is 29.1. The van der Waals surface area contributed by atoms with Crippen LogP contribution in [0.4, 0.5) is 0 Å². The maximum atomic E-state index is 0. The molecule has 2 nitrogen and oxygen atoms in total. The van der Waals surface area contributed by atoms with E-state index in [0.717, 1.165) is 0 Å². The van der Waals surface area contributed by atoms with Crippen LogP contribution in [0, 0.1) is 0 Å². The summed E-state index contributed by atoms with van der Waals surface area (Å²) in [5.74, 6) is 0. The van der Waals surface area contributed by atoms with Gasteiger partial charge in [0.15, 0.2) is 0 Å². The average molecular weight is 87.8 g/mol. The quantitative estimate of drug-likeness (QED) is 0.281. The van der Waals surface area contributed by atoms with Gasteiger partial charge in [0.25, 0.3) is 0 Å². The van der Waals surface area contributed by atoms with E-state index in [1.807, 2.05) is 0 Å². The van der Waals surface area contributed by atoms with Gasteiger partial charge in [-0.05, 0) is 0 Å². The van der Waals surface area contributed by atoms with Crippen LogP contribution >= 0.6 is 0 Å². The SMILES string of the molecule is [H-].[Li+].[O-2].[O-2].[Ti+4]. The molecule has 0 amide bonds. The Hall–Kier alpha value is 1.23. The summed E-state index contributed by atoms with van der Waals surface area (Å²) in [6.07, 6.45) is 0. The van der Waals surface area contributed by atoms with Crippen molar-refractivity contribution in [3.63, 3.8) is 0 Å². The maximum Gasteiger partial charge on any atom is 4.00 e. The molecule has 0 atom stereocenters. The van der Waals surface area contributed by atoms with E-state index in [1.54, 1.807) is 0 Å². The minimum Gasteiger partial charge on any atom is -2.00 e. The number of hydrogen-bond donors (Lipinski definition) is 0. The fraction of sp³-hybridized carbons (Fsp3) is 0. The zero-order chi connectivity index (χ0) is 0. The molecule has 0 heterocycles. The normalized spacial score (nSPS) is 0. The molecule has 0 aliphatic rings. The maximum absolute atomic E-state index is 0. The molecule has 0 bridgehead atoms. The van der Waals surface area contributed by atoms with Crippen LogP contribution in [0.5, 0.6) is 0 Å². The van der Waals surface area contributed by atoms with E-state index in [1.165, 1.54) is 0 Å². The van der Waals surface area contributed by atoms with E-state index >= 15 is 0 Å². The summed E-state index contributed by atoms with van der Waals surface area (Å²) >= 11 is 0. The zero-order valence-corrected chi connectivity index (χ0v) is 3.88. The third-order valence-electron chi connectivity index (χ3n) is 0. The molecule has 0 aromatic carbocycles. The molecule has 4 heteroatoms. The van der Waals surface area contributed by atoms with Crippen molar-refractivity contribution in [2.45, 2.75) is 0 Å². The van der Waals surface area contributed by atoms with Crippen LogP contribution < -0.4 is 18.9 Å². The molecule has 0 radical (unpaired) electrons. The van der Waals surface area contributed by atoms with E-state index in [9.17, 15) is 0 Å². The third kappa shape index (κ3) is 10.6. The smallest absolute Gasteiger partial charge is 2.00 e. The summed E-state index contributed by atoms with van der Waals surface area (Å²) in [7, 11) is 0. The molecule has 0 aliphatic heterocycles. The van der Waals surface area contributed by atoms with Gasteiger partial charge in [-0.1, -0.05) is 0 Å². The van der Waals surface area contributed by atoms with Crippen LogP contribution in [0.25, 0.3) is 0 Å². The first-order valence-electron chi connectivity index (χ1n) is 0. The van der Waals surface area contributed by atoms with Crippen molar-refractivity contribution in [1.29, 1.82) is 0 Å². The first-order chi connectivity index (χ1) is 0. The fourth-order valence-electron chi connectivity index (χ4n) is 0. The van der Waals surface area contributed by atoms with Crippen molar-refractivity contribution in [3.8, 4) is 0 Å². The Morgan fingerprint density at radius 2 is 1.00 bits per heavy atom. The number of hydrogen-bond acceptors (Lipinski definition) is 0. The van der Waals surface area contributed by atoms with E-state index in [4.69, 9.17) is 0 Å². The Balaban J connectivity index is 0. The van der Waals surface area contributed by atoms with Crippen LogP contribution in [0.15, 0.2) is 0 Å². The molecule has 0 spiro atoms. The molecule has 0 aliphatic carbocycles. The van der Waals surface area contributed by atoms with Crippen LogP contribution in [0.3, 0.4) is 0 Å². The largest absolute Gasteiger partial charge is 4.00 e. The van der Waals surface area contributed by atoms with Crippen molar-refractivity contribution in [2.75, 3.05) is 0 Å². The van der Waals surface area contributed by atoms with E-state index in [-0.39, 0.29) is 53.0 Å². The van der Waals surface area contributed by atoms with Gasteiger partial charge in [-0.15, -0.1) is 0 Å². The molecule has 0 aromatic rings. The van der Waals surface area contributed by atoms with Crippen LogP contribution in [0.2, 0.25) is 0 Å². The molecular weight excluding hydrogens is 86.8 g/mol. The summed E-state index contributed by atoms with van der Waals surface area (Å²) in [4.78, 5) is 0. The predicted molar refractivity (Wildman–Crippen MR) is 2.49 cm³/mol. The third-order valence-corrected chi connectivity index (χ3v) is 0. The van der Waals surface area contributed by atoms with Crippen molar-refractivity contribution >= 4 is 0 Å². The van der Waals surface area contributed by atoms with Crippen molar-refractivity contribution < 1.29 is 53.0 Å². The average Bonchev–Trinajstić information content (AvgIpc) is 0. The molecule has 0 fully saturated rings. The molecule has 0 N–H and O–H groups in total. The Morgan fingerprint density at radius 1 is 1.00 bits per heavy atom. The second-order valence-corrected chi connectivity index (χ2v) is 0. The summed E-state index contributed by atoms with van der Waals surface area (Å²) in [6, 6.07) is 0. The Morgan fingerprint density at radius 3 is 1.00 bits per heavy atom.